The maximum Gasteiger partial charge on any atom is 0.340 e. The first kappa shape index (κ1) is 14.0. The number of anilines is 1. The number of nitrogens with two attached hydrogens (primary N) is 1. The molecule has 0 atom stereocenters. The average Bonchev–Trinajstić information content (AvgIpc) is 2.89. The van der Waals surface area contributed by atoms with Gasteiger partial charge in [-0.25, -0.2) is 14.5 Å². The van der Waals surface area contributed by atoms with Crippen molar-refractivity contribution in [3.63, 3.8) is 0 Å². The summed E-state index contributed by atoms with van der Waals surface area (Å²) in [5.74, 6) is 1.05. The van der Waals surface area contributed by atoms with Gasteiger partial charge in [-0.2, -0.15) is 5.10 Å². The molecular weight excluding hydrogens is 256 g/mol. The third-order valence-electron chi connectivity index (χ3n) is 3.03. The van der Waals surface area contributed by atoms with Crippen LogP contribution in [0.1, 0.15) is 35.9 Å². The average molecular weight is 274 g/mol. The van der Waals surface area contributed by atoms with E-state index in [1.54, 1.807) is 22.9 Å². The molecule has 0 saturated heterocycles. The van der Waals surface area contributed by atoms with Crippen LogP contribution < -0.4 is 5.73 Å². The summed E-state index contributed by atoms with van der Waals surface area (Å²) in [6.45, 7) is 3.96. The summed E-state index contributed by atoms with van der Waals surface area (Å²) in [6.07, 6.45) is 1.42. The molecule has 0 aliphatic rings. The van der Waals surface area contributed by atoms with Gasteiger partial charge in [0.05, 0.1) is 18.4 Å². The molecule has 20 heavy (non-hydrogen) atoms. The Labute approximate surface area is 117 Å². The standard InChI is InChI=1S/C14H18N4O2/c1-4-11-16-12(5-2)18(17-11)13-9(14(19)20-3)7-6-8-10(13)15/h6-8H,4-5,15H2,1-3H3. The fourth-order valence-electron chi connectivity index (χ4n) is 2.02. The minimum absolute atomic E-state index is 0.384. The monoisotopic (exact) mass is 274 g/mol. The van der Waals surface area contributed by atoms with E-state index < -0.39 is 5.97 Å². The number of carbonyl (C=O) groups excluding carboxylic acids is 1. The van der Waals surface area contributed by atoms with Gasteiger partial charge in [-0.15, -0.1) is 0 Å². The summed E-state index contributed by atoms with van der Waals surface area (Å²) in [5.41, 5.74) is 7.41. The summed E-state index contributed by atoms with van der Waals surface area (Å²) < 4.78 is 6.44. The van der Waals surface area contributed by atoms with Gasteiger partial charge in [-0.1, -0.05) is 19.9 Å². The maximum atomic E-state index is 11.9. The SMILES string of the molecule is CCc1nc(CC)n(-c2c(N)cccc2C(=O)OC)n1. The number of aryl methyl sites for hydroxylation is 2. The van der Waals surface area contributed by atoms with Crippen LogP contribution in [0.2, 0.25) is 0 Å². The summed E-state index contributed by atoms with van der Waals surface area (Å²) in [4.78, 5) is 16.3. The predicted molar refractivity (Wildman–Crippen MR) is 75.9 cm³/mol. The summed E-state index contributed by atoms with van der Waals surface area (Å²) in [5, 5.41) is 4.43. The number of benzene rings is 1. The minimum Gasteiger partial charge on any atom is -0.465 e. The van der Waals surface area contributed by atoms with Crippen molar-refractivity contribution in [3.8, 4) is 5.69 Å². The van der Waals surface area contributed by atoms with Crippen LogP contribution in [-0.2, 0) is 17.6 Å². The quantitative estimate of drug-likeness (QED) is 0.678. The third-order valence-corrected chi connectivity index (χ3v) is 3.03. The third kappa shape index (κ3) is 2.36. The maximum absolute atomic E-state index is 11.9. The number of aromatic nitrogens is 3. The van der Waals surface area contributed by atoms with E-state index in [9.17, 15) is 4.79 Å². The molecule has 2 aromatic rings. The zero-order valence-electron chi connectivity index (χ0n) is 11.9. The molecule has 0 saturated carbocycles. The number of carbonyl (C=O) groups is 1. The fourth-order valence-corrected chi connectivity index (χ4v) is 2.02. The Balaban J connectivity index is 2.68. The number of nitrogen functional groups attached to an aromatic ring is 1. The lowest BCUT2D eigenvalue weighted by Crippen LogP contribution is -2.13. The molecule has 0 bridgehead atoms. The van der Waals surface area contributed by atoms with Gasteiger partial charge in [0.25, 0.3) is 0 Å². The molecule has 2 rings (SSSR count). The van der Waals surface area contributed by atoms with Gasteiger partial charge in [0.15, 0.2) is 5.82 Å². The predicted octanol–water partition coefficient (Wildman–Crippen LogP) is 1.76. The lowest BCUT2D eigenvalue weighted by Gasteiger charge is -2.12. The van der Waals surface area contributed by atoms with E-state index in [0.717, 1.165) is 18.1 Å². The Kier molecular flexibility index (Phi) is 4.02. The van der Waals surface area contributed by atoms with Gasteiger partial charge < -0.3 is 10.5 Å². The molecule has 0 aliphatic carbocycles. The van der Waals surface area contributed by atoms with E-state index >= 15 is 0 Å². The number of rotatable bonds is 4. The van der Waals surface area contributed by atoms with E-state index in [2.05, 4.69) is 10.1 Å². The topological polar surface area (TPSA) is 83.0 Å². The molecule has 0 radical (unpaired) electrons. The van der Waals surface area contributed by atoms with Crippen LogP contribution in [0.5, 0.6) is 0 Å². The first-order valence-electron chi connectivity index (χ1n) is 6.54. The van der Waals surface area contributed by atoms with Crippen molar-refractivity contribution >= 4 is 11.7 Å². The highest BCUT2D eigenvalue weighted by Gasteiger charge is 2.19. The Morgan fingerprint density at radius 3 is 2.70 bits per heavy atom. The van der Waals surface area contributed by atoms with Crippen molar-refractivity contribution in [2.24, 2.45) is 0 Å². The molecule has 6 heteroatoms. The van der Waals surface area contributed by atoms with Gasteiger partial charge >= 0.3 is 5.97 Å². The van der Waals surface area contributed by atoms with Crippen LogP contribution in [0, 0.1) is 0 Å². The molecule has 1 aromatic carbocycles. The van der Waals surface area contributed by atoms with Crippen molar-refractivity contribution in [2.75, 3.05) is 12.8 Å². The lowest BCUT2D eigenvalue weighted by atomic mass is 10.1. The molecule has 0 amide bonds. The minimum atomic E-state index is -0.442. The molecule has 0 fully saturated rings. The number of ether oxygens (including phenoxy) is 1. The van der Waals surface area contributed by atoms with E-state index in [1.165, 1.54) is 7.11 Å². The van der Waals surface area contributed by atoms with Crippen molar-refractivity contribution in [3.05, 3.63) is 35.4 Å². The smallest absolute Gasteiger partial charge is 0.340 e. The molecule has 1 aromatic heterocycles. The highest BCUT2D eigenvalue weighted by atomic mass is 16.5. The fraction of sp³-hybridized carbons (Fsp3) is 0.357. The summed E-state index contributed by atoms with van der Waals surface area (Å²) >= 11 is 0. The van der Waals surface area contributed by atoms with Crippen molar-refractivity contribution in [2.45, 2.75) is 26.7 Å². The molecule has 0 spiro atoms. The Morgan fingerprint density at radius 1 is 1.35 bits per heavy atom. The lowest BCUT2D eigenvalue weighted by molar-refractivity contribution is 0.0600. The van der Waals surface area contributed by atoms with Crippen LogP contribution in [0.25, 0.3) is 5.69 Å². The number of hydrogen-bond donors (Lipinski definition) is 1. The van der Waals surface area contributed by atoms with Gasteiger partial charge in [0.1, 0.15) is 11.5 Å². The number of nitrogens with zero attached hydrogens (tertiary/aromatic N) is 3. The Hall–Kier alpha value is -2.37. The summed E-state index contributed by atoms with van der Waals surface area (Å²) in [7, 11) is 1.34. The van der Waals surface area contributed by atoms with Crippen LogP contribution in [0.4, 0.5) is 5.69 Å². The zero-order chi connectivity index (χ0) is 14.7. The molecule has 2 N–H and O–H groups in total. The molecule has 6 nitrogen and oxygen atoms in total. The second-order valence-corrected chi connectivity index (χ2v) is 4.30. The van der Waals surface area contributed by atoms with E-state index in [4.69, 9.17) is 10.5 Å². The van der Waals surface area contributed by atoms with E-state index in [-0.39, 0.29) is 0 Å². The van der Waals surface area contributed by atoms with Gasteiger partial charge in [-0.3, -0.25) is 0 Å². The van der Waals surface area contributed by atoms with Crippen LogP contribution in [-0.4, -0.2) is 27.8 Å². The van der Waals surface area contributed by atoms with Crippen molar-refractivity contribution in [1.29, 1.82) is 0 Å². The van der Waals surface area contributed by atoms with Gasteiger partial charge in [0, 0.05) is 12.8 Å². The first-order valence-corrected chi connectivity index (χ1v) is 6.54. The highest BCUT2D eigenvalue weighted by molar-refractivity contribution is 5.95. The number of para-hydroxylation sites is 1. The van der Waals surface area contributed by atoms with Crippen LogP contribution >= 0.6 is 0 Å². The normalized spacial score (nSPS) is 10.6. The van der Waals surface area contributed by atoms with Gasteiger partial charge in [-0.05, 0) is 12.1 Å². The van der Waals surface area contributed by atoms with Crippen LogP contribution in [0.15, 0.2) is 18.2 Å². The highest BCUT2D eigenvalue weighted by Crippen LogP contribution is 2.24. The second kappa shape index (κ2) is 5.73. The molecule has 0 aliphatic heterocycles. The zero-order valence-corrected chi connectivity index (χ0v) is 11.9. The van der Waals surface area contributed by atoms with Crippen molar-refractivity contribution in [1.82, 2.24) is 14.8 Å². The molecule has 0 unspecified atom stereocenters. The van der Waals surface area contributed by atoms with Crippen LogP contribution in [0.3, 0.4) is 0 Å². The number of esters is 1. The Morgan fingerprint density at radius 2 is 2.10 bits per heavy atom. The number of hydrogen-bond acceptors (Lipinski definition) is 5. The second-order valence-electron chi connectivity index (χ2n) is 4.30. The number of methoxy groups -OCH3 is 1. The van der Waals surface area contributed by atoms with Crippen molar-refractivity contribution < 1.29 is 9.53 Å². The van der Waals surface area contributed by atoms with E-state index in [0.29, 0.717) is 23.4 Å². The summed E-state index contributed by atoms with van der Waals surface area (Å²) in [6, 6.07) is 5.12. The largest absolute Gasteiger partial charge is 0.465 e. The Bertz CT molecular complexity index is 634. The van der Waals surface area contributed by atoms with Gasteiger partial charge in [0.2, 0.25) is 0 Å². The first-order chi connectivity index (χ1) is 9.62. The molecule has 1 heterocycles. The molecular formula is C14H18N4O2. The molecule has 106 valence electrons. The van der Waals surface area contributed by atoms with E-state index in [1.807, 2.05) is 13.8 Å².